The first-order valence-electron chi connectivity index (χ1n) is 7.28. The number of carbonyl (C=O) groups excluding carboxylic acids is 2. The zero-order valence-electron chi connectivity index (χ0n) is 14.3. The summed E-state index contributed by atoms with van der Waals surface area (Å²) < 4.78 is 10.7. The molecule has 0 bridgehead atoms. The van der Waals surface area contributed by atoms with E-state index in [9.17, 15) is 9.59 Å². The summed E-state index contributed by atoms with van der Waals surface area (Å²) in [5, 5.41) is 0.278. The molecule has 6 nitrogen and oxygen atoms in total. The molecule has 0 aliphatic heterocycles. The van der Waals surface area contributed by atoms with Crippen LogP contribution in [0.2, 0.25) is 5.02 Å². The minimum atomic E-state index is -0.844. The van der Waals surface area contributed by atoms with Crippen LogP contribution in [0.25, 0.3) is 0 Å². The highest BCUT2D eigenvalue weighted by atomic mass is 35.5. The molecule has 1 aromatic rings. The highest BCUT2D eigenvalue weighted by molar-refractivity contribution is 6.31. The van der Waals surface area contributed by atoms with Gasteiger partial charge in [-0.2, -0.15) is 0 Å². The quantitative estimate of drug-likeness (QED) is 0.764. The van der Waals surface area contributed by atoms with Crippen molar-refractivity contribution in [1.29, 1.82) is 0 Å². The molecule has 1 aromatic heterocycles. The number of aromatic nitrogens is 1. The summed E-state index contributed by atoms with van der Waals surface area (Å²) >= 11 is 6.13. The average molecular weight is 343 g/mol. The third kappa shape index (κ3) is 5.71. The van der Waals surface area contributed by atoms with E-state index >= 15 is 0 Å². The Bertz CT molecular complexity index is 570. The fourth-order valence-corrected chi connectivity index (χ4v) is 1.97. The van der Waals surface area contributed by atoms with Crippen LogP contribution in [0.15, 0.2) is 12.3 Å². The summed E-state index contributed by atoms with van der Waals surface area (Å²) in [6.07, 6.45) is 1.43. The molecule has 23 heavy (non-hydrogen) atoms. The first kappa shape index (κ1) is 19.2. The van der Waals surface area contributed by atoms with E-state index in [1.165, 1.54) is 18.1 Å². The van der Waals surface area contributed by atoms with Crippen molar-refractivity contribution in [2.45, 2.75) is 52.4 Å². The Kier molecular flexibility index (Phi) is 6.38. The van der Waals surface area contributed by atoms with Gasteiger partial charge in [-0.15, -0.1) is 0 Å². The summed E-state index contributed by atoms with van der Waals surface area (Å²) in [5.41, 5.74) is -0.168. The van der Waals surface area contributed by atoms with Crippen molar-refractivity contribution in [2.75, 3.05) is 7.05 Å². The number of hydrogen-bond donors (Lipinski definition) is 0. The van der Waals surface area contributed by atoms with Gasteiger partial charge in [-0.05, 0) is 40.7 Å². The molecular formula is C16H23ClN2O4. The third-order valence-corrected chi connectivity index (χ3v) is 3.02. The second kappa shape index (κ2) is 7.64. The average Bonchev–Trinajstić information content (AvgIpc) is 2.40. The fraction of sp³-hybridized carbons (Fsp3) is 0.562. The van der Waals surface area contributed by atoms with E-state index in [1.807, 2.05) is 13.8 Å². The van der Waals surface area contributed by atoms with Crippen molar-refractivity contribution in [1.82, 2.24) is 9.88 Å². The summed E-state index contributed by atoms with van der Waals surface area (Å²) in [6, 6.07) is 0.717. The Morgan fingerprint density at radius 1 is 1.39 bits per heavy atom. The molecule has 7 heteroatoms. The van der Waals surface area contributed by atoms with E-state index in [-0.39, 0.29) is 17.0 Å². The van der Waals surface area contributed by atoms with Crippen LogP contribution in [0, 0.1) is 0 Å². The third-order valence-electron chi connectivity index (χ3n) is 2.75. The number of carbonyl (C=O) groups is 2. The van der Waals surface area contributed by atoms with Crippen LogP contribution in [0.4, 0.5) is 4.79 Å². The van der Waals surface area contributed by atoms with E-state index in [4.69, 9.17) is 21.1 Å². The van der Waals surface area contributed by atoms with Gasteiger partial charge in [-0.3, -0.25) is 4.90 Å². The standard InChI is InChI=1S/C16H23ClN2O4/c1-10(2)22-14-12(17)7-11(8-18-14)13(9-20)19(6)15(21)23-16(3,4)5/h7-10,13H,1-6H3. The summed E-state index contributed by atoms with van der Waals surface area (Å²) in [4.78, 5) is 28.9. The molecule has 1 amide bonds. The molecular weight excluding hydrogens is 320 g/mol. The Hall–Kier alpha value is -1.82. The first-order chi connectivity index (χ1) is 10.5. The highest BCUT2D eigenvalue weighted by Gasteiger charge is 2.27. The number of rotatable bonds is 5. The molecule has 0 N–H and O–H groups in total. The van der Waals surface area contributed by atoms with Crippen LogP contribution in [0.3, 0.4) is 0 Å². The Balaban J connectivity index is 2.99. The highest BCUT2D eigenvalue weighted by Crippen LogP contribution is 2.28. The zero-order chi connectivity index (χ0) is 17.8. The van der Waals surface area contributed by atoms with Crippen molar-refractivity contribution < 1.29 is 19.1 Å². The van der Waals surface area contributed by atoms with Gasteiger partial charge in [0.1, 0.15) is 23.0 Å². The van der Waals surface area contributed by atoms with Gasteiger partial charge in [0, 0.05) is 18.8 Å². The van der Waals surface area contributed by atoms with Crippen LogP contribution in [0.5, 0.6) is 5.88 Å². The van der Waals surface area contributed by atoms with Crippen molar-refractivity contribution in [3.8, 4) is 5.88 Å². The molecule has 0 saturated heterocycles. The molecule has 0 radical (unpaired) electrons. The van der Waals surface area contributed by atoms with Gasteiger partial charge < -0.3 is 14.3 Å². The van der Waals surface area contributed by atoms with Crippen LogP contribution in [-0.2, 0) is 9.53 Å². The molecule has 1 unspecified atom stereocenters. The molecule has 0 fully saturated rings. The summed E-state index contributed by atoms with van der Waals surface area (Å²) in [6.45, 7) is 8.98. The van der Waals surface area contributed by atoms with Crippen molar-refractivity contribution in [3.05, 3.63) is 22.8 Å². The Labute approximate surface area is 141 Å². The minimum absolute atomic E-state index is 0.0721. The number of likely N-dealkylation sites (N-methyl/N-ethyl adjacent to an activating group) is 1. The number of ether oxygens (including phenoxy) is 2. The van der Waals surface area contributed by atoms with Gasteiger partial charge in [0.25, 0.3) is 0 Å². The molecule has 128 valence electrons. The lowest BCUT2D eigenvalue weighted by Gasteiger charge is -2.28. The second-order valence-corrected chi connectivity index (χ2v) is 6.80. The zero-order valence-corrected chi connectivity index (χ0v) is 15.0. The lowest BCUT2D eigenvalue weighted by Crippen LogP contribution is -2.37. The minimum Gasteiger partial charge on any atom is -0.474 e. The molecule has 0 aliphatic carbocycles. The van der Waals surface area contributed by atoms with Gasteiger partial charge in [-0.1, -0.05) is 11.6 Å². The molecule has 0 aromatic carbocycles. The normalized spacial score (nSPS) is 12.7. The van der Waals surface area contributed by atoms with Crippen LogP contribution < -0.4 is 4.74 Å². The number of amides is 1. The maximum Gasteiger partial charge on any atom is 0.410 e. The van der Waals surface area contributed by atoms with Gasteiger partial charge in [0.2, 0.25) is 5.88 Å². The monoisotopic (exact) mass is 342 g/mol. The van der Waals surface area contributed by atoms with Gasteiger partial charge in [-0.25, -0.2) is 9.78 Å². The SMILES string of the molecule is CC(C)Oc1ncc(C(C=O)N(C)C(=O)OC(C)(C)C)cc1Cl. The maximum absolute atomic E-state index is 12.1. The molecule has 0 spiro atoms. The van der Waals surface area contributed by atoms with Crippen LogP contribution >= 0.6 is 11.6 Å². The number of aldehydes is 1. The van der Waals surface area contributed by atoms with E-state index in [1.54, 1.807) is 26.8 Å². The smallest absolute Gasteiger partial charge is 0.410 e. The van der Waals surface area contributed by atoms with E-state index in [0.29, 0.717) is 11.8 Å². The van der Waals surface area contributed by atoms with Gasteiger partial charge in [0.15, 0.2) is 0 Å². The van der Waals surface area contributed by atoms with Crippen molar-refractivity contribution in [3.63, 3.8) is 0 Å². The van der Waals surface area contributed by atoms with Gasteiger partial charge in [0.05, 0.1) is 6.10 Å². The first-order valence-corrected chi connectivity index (χ1v) is 7.66. The Morgan fingerprint density at radius 2 is 2.00 bits per heavy atom. The van der Waals surface area contributed by atoms with Crippen molar-refractivity contribution >= 4 is 24.0 Å². The van der Waals surface area contributed by atoms with Crippen LogP contribution in [-0.4, -0.2) is 41.0 Å². The van der Waals surface area contributed by atoms with E-state index in [0.717, 1.165) is 0 Å². The molecule has 1 atom stereocenters. The summed E-state index contributed by atoms with van der Waals surface area (Å²) in [7, 11) is 1.49. The number of pyridine rings is 1. The largest absolute Gasteiger partial charge is 0.474 e. The van der Waals surface area contributed by atoms with Gasteiger partial charge >= 0.3 is 6.09 Å². The molecule has 1 rings (SSSR count). The molecule has 0 aliphatic rings. The lowest BCUT2D eigenvalue weighted by molar-refractivity contribution is -0.112. The number of hydrogen-bond acceptors (Lipinski definition) is 5. The maximum atomic E-state index is 12.1. The van der Waals surface area contributed by atoms with E-state index in [2.05, 4.69) is 4.98 Å². The predicted molar refractivity (Wildman–Crippen MR) is 87.8 cm³/mol. The molecule has 1 heterocycles. The summed E-state index contributed by atoms with van der Waals surface area (Å²) in [5.74, 6) is 0.287. The predicted octanol–water partition coefficient (Wildman–Crippen LogP) is 3.63. The fourth-order valence-electron chi connectivity index (χ4n) is 1.75. The Morgan fingerprint density at radius 3 is 2.43 bits per heavy atom. The van der Waals surface area contributed by atoms with Crippen molar-refractivity contribution in [2.24, 2.45) is 0 Å². The second-order valence-electron chi connectivity index (χ2n) is 6.39. The van der Waals surface area contributed by atoms with Crippen LogP contribution in [0.1, 0.15) is 46.2 Å². The topological polar surface area (TPSA) is 68.7 Å². The lowest BCUT2D eigenvalue weighted by atomic mass is 10.1. The molecule has 0 saturated carbocycles. The van der Waals surface area contributed by atoms with E-state index < -0.39 is 17.7 Å². The number of nitrogens with zero attached hydrogens (tertiary/aromatic N) is 2. The number of halogens is 1.